The highest BCUT2D eigenvalue weighted by molar-refractivity contribution is 7.99. The number of carbonyl (C=O) groups is 1. The third-order valence-corrected chi connectivity index (χ3v) is 5.32. The van der Waals surface area contributed by atoms with E-state index < -0.39 is 17.5 Å². The number of hydrogen-bond acceptors (Lipinski definition) is 6. The zero-order valence-electron chi connectivity index (χ0n) is 16.8. The zero-order valence-corrected chi connectivity index (χ0v) is 17.6. The van der Waals surface area contributed by atoms with Crippen LogP contribution in [0, 0.1) is 11.6 Å². The summed E-state index contributed by atoms with van der Waals surface area (Å²) in [5, 5.41) is 11.4. The molecule has 7 nitrogen and oxygen atoms in total. The van der Waals surface area contributed by atoms with Gasteiger partial charge in [0.25, 0.3) is 0 Å². The first kappa shape index (κ1) is 21.4. The summed E-state index contributed by atoms with van der Waals surface area (Å²) in [5.74, 6) is -0.900. The average molecular weight is 453 g/mol. The molecule has 32 heavy (non-hydrogen) atoms. The summed E-state index contributed by atoms with van der Waals surface area (Å²) in [6.45, 7) is 0. The third-order valence-electron chi connectivity index (χ3n) is 4.40. The van der Waals surface area contributed by atoms with E-state index in [1.807, 2.05) is 24.3 Å². The van der Waals surface area contributed by atoms with Crippen LogP contribution in [0.5, 0.6) is 5.75 Å². The number of thioether (sulfide) groups is 1. The van der Waals surface area contributed by atoms with Crippen LogP contribution in [-0.2, 0) is 4.79 Å². The van der Waals surface area contributed by atoms with Gasteiger partial charge >= 0.3 is 0 Å². The van der Waals surface area contributed by atoms with E-state index in [9.17, 15) is 13.6 Å². The number of carbonyl (C=O) groups excluding carboxylic acids is 1. The van der Waals surface area contributed by atoms with Gasteiger partial charge in [0.1, 0.15) is 23.1 Å². The Morgan fingerprint density at radius 1 is 1.09 bits per heavy atom. The Kier molecular flexibility index (Phi) is 6.41. The molecule has 4 rings (SSSR count). The number of anilines is 1. The molecule has 0 saturated carbocycles. The number of methoxy groups -OCH3 is 1. The number of rotatable bonds is 7. The molecule has 0 atom stereocenters. The van der Waals surface area contributed by atoms with Crippen molar-refractivity contribution in [1.82, 2.24) is 19.7 Å². The maximum Gasteiger partial charge on any atom is 0.234 e. The largest absolute Gasteiger partial charge is 0.497 e. The maximum atomic E-state index is 13.8. The number of halogens is 2. The molecular formula is C22H17F2N5O2S. The first-order chi connectivity index (χ1) is 15.5. The first-order valence-corrected chi connectivity index (χ1v) is 10.4. The minimum atomic E-state index is -0.845. The van der Waals surface area contributed by atoms with Gasteiger partial charge in [0.15, 0.2) is 11.0 Å². The lowest BCUT2D eigenvalue weighted by atomic mass is 10.3. The highest BCUT2D eigenvalue weighted by Crippen LogP contribution is 2.28. The molecular weight excluding hydrogens is 436 g/mol. The number of amides is 1. The van der Waals surface area contributed by atoms with E-state index in [0.29, 0.717) is 28.5 Å². The second kappa shape index (κ2) is 9.56. The second-order valence-corrected chi connectivity index (χ2v) is 7.46. The molecule has 4 aromatic rings. The summed E-state index contributed by atoms with van der Waals surface area (Å²) in [6.07, 6.45) is 1.65. The number of benzene rings is 2. The van der Waals surface area contributed by atoms with Crippen LogP contribution in [-0.4, -0.2) is 38.5 Å². The summed E-state index contributed by atoms with van der Waals surface area (Å²) in [4.78, 5) is 16.7. The average Bonchev–Trinajstić information content (AvgIpc) is 3.24. The van der Waals surface area contributed by atoms with Crippen molar-refractivity contribution in [3.63, 3.8) is 0 Å². The van der Waals surface area contributed by atoms with Crippen molar-refractivity contribution < 1.29 is 18.3 Å². The quantitative estimate of drug-likeness (QED) is 0.419. The number of ether oxygens (including phenoxy) is 1. The van der Waals surface area contributed by atoms with E-state index in [1.54, 1.807) is 36.1 Å². The van der Waals surface area contributed by atoms with Gasteiger partial charge in [-0.25, -0.2) is 8.78 Å². The van der Waals surface area contributed by atoms with Crippen molar-refractivity contribution in [3.05, 3.63) is 78.5 Å². The lowest BCUT2D eigenvalue weighted by molar-refractivity contribution is -0.113. The van der Waals surface area contributed by atoms with Gasteiger partial charge in [-0.1, -0.05) is 17.8 Å². The molecule has 1 N–H and O–H groups in total. The fourth-order valence-electron chi connectivity index (χ4n) is 2.90. The predicted molar refractivity (Wildman–Crippen MR) is 117 cm³/mol. The van der Waals surface area contributed by atoms with E-state index in [2.05, 4.69) is 20.5 Å². The number of hydrogen-bond donors (Lipinski definition) is 1. The number of pyridine rings is 1. The fourth-order valence-corrected chi connectivity index (χ4v) is 3.65. The molecule has 0 aliphatic heterocycles. The van der Waals surface area contributed by atoms with Crippen molar-refractivity contribution in [2.75, 3.05) is 18.2 Å². The summed E-state index contributed by atoms with van der Waals surface area (Å²) < 4.78 is 33.9. The molecule has 1 amide bonds. The van der Waals surface area contributed by atoms with Crippen LogP contribution in [0.2, 0.25) is 0 Å². The summed E-state index contributed by atoms with van der Waals surface area (Å²) >= 11 is 1.13. The van der Waals surface area contributed by atoms with E-state index in [4.69, 9.17) is 4.74 Å². The van der Waals surface area contributed by atoms with Gasteiger partial charge in [-0.05, 0) is 48.5 Å². The van der Waals surface area contributed by atoms with Gasteiger partial charge < -0.3 is 10.1 Å². The van der Waals surface area contributed by atoms with Crippen molar-refractivity contribution in [2.45, 2.75) is 5.16 Å². The van der Waals surface area contributed by atoms with E-state index >= 15 is 0 Å². The van der Waals surface area contributed by atoms with Gasteiger partial charge in [-0.3, -0.25) is 14.3 Å². The van der Waals surface area contributed by atoms with Gasteiger partial charge in [0, 0.05) is 12.3 Å². The van der Waals surface area contributed by atoms with Crippen LogP contribution in [0.15, 0.2) is 72.0 Å². The van der Waals surface area contributed by atoms with E-state index in [-0.39, 0.29) is 11.4 Å². The maximum absolute atomic E-state index is 13.8. The Hall–Kier alpha value is -3.79. The number of aromatic nitrogens is 4. The van der Waals surface area contributed by atoms with Crippen molar-refractivity contribution in [3.8, 4) is 23.0 Å². The third kappa shape index (κ3) is 4.75. The molecule has 2 aromatic carbocycles. The van der Waals surface area contributed by atoms with Gasteiger partial charge in [-0.2, -0.15) is 0 Å². The molecule has 0 spiro atoms. The Bertz CT molecular complexity index is 1230. The fraction of sp³-hybridized carbons (Fsp3) is 0.0909. The minimum Gasteiger partial charge on any atom is -0.497 e. The first-order valence-electron chi connectivity index (χ1n) is 9.44. The van der Waals surface area contributed by atoms with Gasteiger partial charge in [-0.15, -0.1) is 10.2 Å². The molecule has 0 radical (unpaired) electrons. The second-order valence-electron chi connectivity index (χ2n) is 6.52. The highest BCUT2D eigenvalue weighted by atomic mass is 32.2. The molecule has 2 aromatic heterocycles. The normalized spacial score (nSPS) is 10.7. The molecule has 10 heteroatoms. The Balaban J connectivity index is 1.59. The van der Waals surface area contributed by atoms with Crippen molar-refractivity contribution in [2.24, 2.45) is 0 Å². The van der Waals surface area contributed by atoms with Crippen molar-refractivity contribution in [1.29, 1.82) is 0 Å². The predicted octanol–water partition coefficient (Wildman–Crippen LogP) is 4.35. The molecule has 0 bridgehead atoms. The molecule has 162 valence electrons. The van der Waals surface area contributed by atoms with Crippen LogP contribution in [0.3, 0.4) is 0 Å². The smallest absolute Gasteiger partial charge is 0.234 e. The van der Waals surface area contributed by atoms with E-state index in [1.165, 1.54) is 6.07 Å². The SMILES string of the molecule is COc1ccc(-n2c(SCC(=O)Nc3ccc(F)cc3F)nnc2-c2ccccn2)cc1. The van der Waals surface area contributed by atoms with Crippen molar-refractivity contribution >= 4 is 23.4 Å². The summed E-state index contributed by atoms with van der Waals surface area (Å²) in [6, 6.07) is 15.7. The molecule has 0 aliphatic rings. The van der Waals surface area contributed by atoms with Gasteiger partial charge in [0.05, 0.1) is 24.2 Å². The number of nitrogens with zero attached hydrogens (tertiary/aromatic N) is 4. The lowest BCUT2D eigenvalue weighted by Crippen LogP contribution is -2.15. The standard InChI is InChI=1S/C22H17F2N5O2S/c1-31-16-8-6-15(7-9-16)29-21(19-4-2-3-11-25-19)27-28-22(29)32-13-20(30)26-18-10-5-14(23)12-17(18)24/h2-12H,13H2,1H3,(H,26,30). The molecule has 0 aliphatic carbocycles. The monoisotopic (exact) mass is 453 g/mol. The Morgan fingerprint density at radius 2 is 1.91 bits per heavy atom. The van der Waals surface area contributed by atoms with Crippen LogP contribution in [0.4, 0.5) is 14.5 Å². The van der Waals surface area contributed by atoms with Crippen LogP contribution in [0.25, 0.3) is 17.2 Å². The molecule has 0 saturated heterocycles. The minimum absolute atomic E-state index is 0.0622. The van der Waals surface area contributed by atoms with Crippen LogP contribution in [0.1, 0.15) is 0 Å². The Morgan fingerprint density at radius 3 is 2.59 bits per heavy atom. The topological polar surface area (TPSA) is 81.9 Å². The highest BCUT2D eigenvalue weighted by Gasteiger charge is 2.18. The van der Waals surface area contributed by atoms with Crippen LogP contribution < -0.4 is 10.1 Å². The number of nitrogens with one attached hydrogen (secondary N) is 1. The summed E-state index contributed by atoms with van der Waals surface area (Å²) in [7, 11) is 1.58. The van der Waals surface area contributed by atoms with Gasteiger partial charge in [0.2, 0.25) is 5.91 Å². The zero-order chi connectivity index (χ0) is 22.5. The Labute approximate surface area is 186 Å². The lowest BCUT2D eigenvalue weighted by Gasteiger charge is -2.11. The molecule has 2 heterocycles. The summed E-state index contributed by atoms with van der Waals surface area (Å²) in [5.41, 5.74) is 1.27. The van der Waals surface area contributed by atoms with Crippen LogP contribution >= 0.6 is 11.8 Å². The molecule has 0 fully saturated rings. The van der Waals surface area contributed by atoms with E-state index in [0.717, 1.165) is 23.5 Å². The molecule has 0 unspecified atom stereocenters.